The number of aliphatic hydroxyl groups excluding tert-OH is 1. The van der Waals surface area contributed by atoms with Crippen LogP contribution in [0.15, 0.2) is 0 Å². The lowest BCUT2D eigenvalue weighted by atomic mass is 10.4. The van der Waals surface area contributed by atoms with Crippen molar-refractivity contribution in [3.8, 4) is 0 Å². The number of hydrogen-bond donors (Lipinski definition) is 2. The lowest BCUT2D eigenvalue weighted by Crippen LogP contribution is -2.07. The SMILES string of the molecule is Cc1c([N+](=O)[O-])c(NCCO)nn1C. The van der Waals surface area contributed by atoms with E-state index in [1.807, 2.05) is 0 Å². The maximum absolute atomic E-state index is 10.7. The van der Waals surface area contributed by atoms with E-state index in [0.29, 0.717) is 5.69 Å². The normalized spacial score (nSPS) is 10.2. The minimum absolute atomic E-state index is 0.0408. The summed E-state index contributed by atoms with van der Waals surface area (Å²) in [7, 11) is 1.63. The molecule has 7 nitrogen and oxygen atoms in total. The van der Waals surface area contributed by atoms with Crippen LogP contribution >= 0.6 is 0 Å². The van der Waals surface area contributed by atoms with Crippen LogP contribution in [0.3, 0.4) is 0 Å². The summed E-state index contributed by atoms with van der Waals surface area (Å²) in [6.07, 6.45) is 0. The fourth-order valence-electron chi connectivity index (χ4n) is 1.11. The third kappa shape index (κ3) is 1.82. The van der Waals surface area contributed by atoms with Crippen LogP contribution in [0.4, 0.5) is 11.5 Å². The third-order valence-electron chi connectivity index (χ3n) is 1.89. The van der Waals surface area contributed by atoms with Crippen molar-refractivity contribution in [2.45, 2.75) is 6.92 Å². The second-order valence-corrected chi connectivity index (χ2v) is 2.81. The Morgan fingerprint density at radius 2 is 2.36 bits per heavy atom. The highest BCUT2D eigenvalue weighted by molar-refractivity contribution is 5.58. The van der Waals surface area contributed by atoms with Crippen LogP contribution in [0.2, 0.25) is 0 Å². The summed E-state index contributed by atoms with van der Waals surface area (Å²) in [6, 6.07) is 0. The first kappa shape index (κ1) is 10.5. The molecule has 78 valence electrons. The maximum atomic E-state index is 10.7. The summed E-state index contributed by atoms with van der Waals surface area (Å²) in [5.41, 5.74) is 0.441. The van der Waals surface area contributed by atoms with Gasteiger partial charge in [-0.25, -0.2) is 0 Å². The molecule has 0 spiro atoms. The molecule has 0 aliphatic carbocycles. The van der Waals surface area contributed by atoms with E-state index in [1.165, 1.54) is 4.68 Å². The first-order valence-corrected chi connectivity index (χ1v) is 4.10. The Kier molecular flexibility index (Phi) is 3.03. The van der Waals surface area contributed by atoms with Crippen molar-refractivity contribution in [1.29, 1.82) is 0 Å². The monoisotopic (exact) mass is 200 g/mol. The Balaban J connectivity index is 3.03. The predicted octanol–water partition coefficient (Wildman–Crippen LogP) is 0.0409. The minimum atomic E-state index is -0.484. The fraction of sp³-hybridized carbons (Fsp3) is 0.571. The lowest BCUT2D eigenvalue weighted by molar-refractivity contribution is -0.384. The smallest absolute Gasteiger partial charge is 0.333 e. The van der Waals surface area contributed by atoms with Gasteiger partial charge in [0.05, 0.1) is 11.5 Å². The van der Waals surface area contributed by atoms with Crippen molar-refractivity contribution in [2.75, 3.05) is 18.5 Å². The van der Waals surface area contributed by atoms with Crippen molar-refractivity contribution in [3.05, 3.63) is 15.8 Å². The lowest BCUT2D eigenvalue weighted by Gasteiger charge is -1.97. The van der Waals surface area contributed by atoms with Crippen LogP contribution < -0.4 is 5.32 Å². The van der Waals surface area contributed by atoms with Crippen LogP contribution in [0.25, 0.3) is 0 Å². The summed E-state index contributed by atoms with van der Waals surface area (Å²) in [6.45, 7) is 1.78. The average molecular weight is 200 g/mol. The molecule has 1 aromatic rings. The Hall–Kier alpha value is -1.63. The number of rotatable bonds is 4. The van der Waals surface area contributed by atoms with Crippen LogP contribution in [-0.2, 0) is 7.05 Å². The maximum Gasteiger partial charge on any atom is 0.333 e. The number of nitro groups is 1. The van der Waals surface area contributed by atoms with Gasteiger partial charge in [-0.3, -0.25) is 14.8 Å². The van der Waals surface area contributed by atoms with E-state index in [2.05, 4.69) is 10.4 Å². The minimum Gasteiger partial charge on any atom is -0.395 e. The fourth-order valence-corrected chi connectivity index (χ4v) is 1.11. The summed E-state index contributed by atoms with van der Waals surface area (Å²) >= 11 is 0. The largest absolute Gasteiger partial charge is 0.395 e. The zero-order valence-corrected chi connectivity index (χ0v) is 8.02. The van der Waals surface area contributed by atoms with Crippen LogP contribution in [0.5, 0.6) is 0 Å². The highest BCUT2D eigenvalue weighted by Gasteiger charge is 2.22. The molecular weight excluding hydrogens is 188 g/mol. The second kappa shape index (κ2) is 4.05. The average Bonchev–Trinajstić information content (AvgIpc) is 2.39. The quantitative estimate of drug-likeness (QED) is 0.528. The number of nitrogens with one attached hydrogen (secondary N) is 1. The number of aliphatic hydroxyl groups is 1. The highest BCUT2D eigenvalue weighted by Crippen LogP contribution is 2.26. The molecule has 2 N–H and O–H groups in total. The molecule has 1 heterocycles. The Bertz CT molecular complexity index is 347. The highest BCUT2D eigenvalue weighted by atomic mass is 16.6. The molecule has 0 aromatic carbocycles. The van der Waals surface area contributed by atoms with Crippen LogP contribution in [0, 0.1) is 17.0 Å². The topological polar surface area (TPSA) is 93.2 Å². The molecule has 7 heteroatoms. The molecule has 0 saturated carbocycles. The van der Waals surface area contributed by atoms with E-state index in [0.717, 1.165) is 0 Å². The van der Waals surface area contributed by atoms with Crippen molar-refractivity contribution < 1.29 is 10.0 Å². The molecule has 0 radical (unpaired) electrons. The molecule has 14 heavy (non-hydrogen) atoms. The molecule has 0 aliphatic rings. The zero-order valence-electron chi connectivity index (χ0n) is 8.02. The summed E-state index contributed by atoms with van der Waals surface area (Å²) in [4.78, 5) is 10.2. The van der Waals surface area contributed by atoms with Gasteiger partial charge >= 0.3 is 5.69 Å². The summed E-state index contributed by atoms with van der Waals surface area (Å²) in [5.74, 6) is 0.198. The number of anilines is 1. The first-order chi connectivity index (χ1) is 6.57. The molecular formula is C7H12N4O3. The van der Waals surface area contributed by atoms with E-state index in [-0.39, 0.29) is 24.7 Å². The molecule has 0 fully saturated rings. The zero-order chi connectivity index (χ0) is 10.7. The second-order valence-electron chi connectivity index (χ2n) is 2.81. The van der Waals surface area contributed by atoms with Crippen LogP contribution in [0.1, 0.15) is 5.69 Å². The van der Waals surface area contributed by atoms with Gasteiger partial charge in [-0.2, -0.15) is 0 Å². The molecule has 1 aromatic heterocycles. The van der Waals surface area contributed by atoms with Crippen molar-refractivity contribution in [1.82, 2.24) is 9.78 Å². The Morgan fingerprint density at radius 3 is 2.86 bits per heavy atom. The third-order valence-corrected chi connectivity index (χ3v) is 1.89. The number of nitrogens with zero attached hydrogens (tertiary/aromatic N) is 3. The van der Waals surface area contributed by atoms with Gasteiger partial charge in [0, 0.05) is 13.6 Å². The van der Waals surface area contributed by atoms with Gasteiger partial charge < -0.3 is 10.4 Å². The van der Waals surface area contributed by atoms with E-state index >= 15 is 0 Å². The molecule has 1 rings (SSSR count). The van der Waals surface area contributed by atoms with Gasteiger partial charge in [0.1, 0.15) is 5.69 Å². The number of hydrogen-bond acceptors (Lipinski definition) is 5. The Morgan fingerprint density at radius 1 is 1.71 bits per heavy atom. The van der Waals surface area contributed by atoms with Gasteiger partial charge in [0.2, 0.25) is 5.82 Å². The molecule has 0 amide bonds. The number of aromatic nitrogens is 2. The molecule has 0 saturated heterocycles. The van der Waals surface area contributed by atoms with Crippen LogP contribution in [-0.4, -0.2) is 33.0 Å². The van der Waals surface area contributed by atoms with Gasteiger partial charge in [-0.05, 0) is 6.92 Å². The van der Waals surface area contributed by atoms with Crippen molar-refractivity contribution in [3.63, 3.8) is 0 Å². The van der Waals surface area contributed by atoms with Gasteiger partial charge in [0.25, 0.3) is 0 Å². The van der Waals surface area contributed by atoms with E-state index in [4.69, 9.17) is 5.11 Å². The predicted molar refractivity (Wildman–Crippen MR) is 50.2 cm³/mol. The molecule has 0 bridgehead atoms. The molecule has 0 aliphatic heterocycles. The Labute approximate surface area is 80.5 Å². The van der Waals surface area contributed by atoms with E-state index in [9.17, 15) is 10.1 Å². The molecule has 0 unspecified atom stereocenters. The van der Waals surface area contributed by atoms with Gasteiger partial charge in [-0.15, -0.1) is 5.10 Å². The first-order valence-electron chi connectivity index (χ1n) is 4.10. The van der Waals surface area contributed by atoms with Gasteiger partial charge in [-0.1, -0.05) is 0 Å². The standard InChI is InChI=1S/C7H12N4O3/c1-5-6(11(13)14)7(8-3-4-12)9-10(5)2/h12H,3-4H2,1-2H3,(H,8,9). The molecule has 0 atom stereocenters. The van der Waals surface area contributed by atoms with Gasteiger partial charge in [0.15, 0.2) is 0 Å². The van der Waals surface area contributed by atoms with E-state index < -0.39 is 4.92 Å². The van der Waals surface area contributed by atoms with Crippen molar-refractivity contribution >= 4 is 11.5 Å². The van der Waals surface area contributed by atoms with Crippen molar-refractivity contribution in [2.24, 2.45) is 7.05 Å². The summed E-state index contributed by atoms with van der Waals surface area (Å²) < 4.78 is 1.43. The number of aryl methyl sites for hydroxylation is 1. The summed E-state index contributed by atoms with van der Waals surface area (Å²) in [5, 5.41) is 25.8. The van der Waals surface area contributed by atoms with E-state index in [1.54, 1.807) is 14.0 Å².